The van der Waals surface area contributed by atoms with Crippen molar-refractivity contribution in [3.8, 4) is 0 Å². The van der Waals surface area contributed by atoms with E-state index in [1.807, 2.05) is 13.0 Å². The number of anilines is 1. The number of rotatable bonds is 4. The van der Waals surface area contributed by atoms with Crippen LogP contribution in [0.5, 0.6) is 0 Å². The molecule has 3 rings (SSSR count). The summed E-state index contributed by atoms with van der Waals surface area (Å²) in [5.74, 6) is -1.000. The highest BCUT2D eigenvalue weighted by Crippen LogP contribution is 2.20. The molecule has 0 bridgehead atoms. The average molecular weight is 357 g/mol. The number of piperidine rings is 1. The van der Waals surface area contributed by atoms with Gasteiger partial charge in [-0.25, -0.2) is 9.80 Å². The first-order valence-electron chi connectivity index (χ1n) is 8.98. The molecule has 1 unspecified atom stereocenters. The van der Waals surface area contributed by atoms with Gasteiger partial charge < -0.3 is 9.64 Å². The lowest BCUT2D eigenvalue weighted by Crippen LogP contribution is -2.44. The number of carbonyl (C=O) groups is 3. The Morgan fingerprint density at radius 3 is 2.69 bits per heavy atom. The molecule has 0 N–H and O–H groups in total. The van der Waals surface area contributed by atoms with E-state index in [4.69, 9.17) is 4.74 Å². The Kier molecular flexibility index (Phi) is 5.65. The molecule has 1 aromatic rings. The van der Waals surface area contributed by atoms with Crippen LogP contribution < -0.4 is 5.01 Å². The second-order valence-corrected chi connectivity index (χ2v) is 6.60. The van der Waals surface area contributed by atoms with Crippen molar-refractivity contribution >= 4 is 29.2 Å². The van der Waals surface area contributed by atoms with E-state index < -0.39 is 5.97 Å². The highest BCUT2D eigenvalue weighted by Gasteiger charge is 2.28. The number of para-hydroxylation sites is 1. The van der Waals surface area contributed by atoms with Gasteiger partial charge in [0.25, 0.3) is 5.91 Å². The molecule has 0 saturated carbocycles. The Hall–Kier alpha value is -2.70. The maximum Gasteiger partial charge on any atom is 0.355 e. The highest BCUT2D eigenvalue weighted by molar-refractivity contribution is 6.38. The van der Waals surface area contributed by atoms with E-state index in [1.165, 1.54) is 5.01 Å². The zero-order chi connectivity index (χ0) is 18.5. The number of nitrogens with zero attached hydrogens (tertiary/aromatic N) is 3. The molecule has 0 aromatic heterocycles. The maximum atomic E-state index is 12.3. The van der Waals surface area contributed by atoms with Gasteiger partial charge in [0.2, 0.25) is 5.91 Å². The molecule has 7 nitrogen and oxygen atoms in total. The molecule has 7 heteroatoms. The van der Waals surface area contributed by atoms with Crippen LogP contribution in [0.25, 0.3) is 0 Å². The van der Waals surface area contributed by atoms with Crippen LogP contribution >= 0.6 is 0 Å². The number of amides is 2. The van der Waals surface area contributed by atoms with Crippen molar-refractivity contribution in [3.05, 3.63) is 30.3 Å². The summed E-state index contributed by atoms with van der Waals surface area (Å²) in [6.45, 7) is 2.42. The van der Waals surface area contributed by atoms with Crippen molar-refractivity contribution in [2.24, 2.45) is 5.10 Å². The molecule has 0 radical (unpaired) electrons. The van der Waals surface area contributed by atoms with E-state index in [0.29, 0.717) is 12.2 Å². The molecule has 2 heterocycles. The Labute approximate surface area is 152 Å². The summed E-state index contributed by atoms with van der Waals surface area (Å²) in [5, 5.41) is 5.36. The van der Waals surface area contributed by atoms with Gasteiger partial charge in [-0.2, -0.15) is 5.10 Å². The largest absolute Gasteiger partial charge is 0.451 e. The molecule has 0 aliphatic carbocycles. The topological polar surface area (TPSA) is 79.3 Å². The SMILES string of the molecule is CC1CCCCN1C(=O)COC(=O)C1=NN(c2ccccc2)C(=O)CC1. The molecular weight excluding hydrogens is 334 g/mol. The summed E-state index contributed by atoms with van der Waals surface area (Å²) in [6.07, 6.45) is 3.46. The van der Waals surface area contributed by atoms with Crippen LogP contribution in [0.3, 0.4) is 0 Å². The van der Waals surface area contributed by atoms with Crippen molar-refractivity contribution in [2.75, 3.05) is 18.2 Å². The second kappa shape index (κ2) is 8.12. The molecule has 2 aliphatic heterocycles. The number of hydrazone groups is 1. The van der Waals surface area contributed by atoms with Gasteiger partial charge in [0.15, 0.2) is 6.61 Å². The number of carbonyl (C=O) groups excluding carboxylic acids is 3. The Bertz CT molecular complexity index is 717. The number of hydrogen-bond donors (Lipinski definition) is 0. The van der Waals surface area contributed by atoms with Crippen LogP contribution in [0.2, 0.25) is 0 Å². The average Bonchev–Trinajstić information content (AvgIpc) is 2.67. The van der Waals surface area contributed by atoms with Gasteiger partial charge in [-0.3, -0.25) is 9.59 Å². The standard InChI is InChI=1S/C19H23N3O4/c1-14-7-5-6-12-21(14)18(24)13-26-19(25)16-10-11-17(23)22(20-16)15-8-3-2-4-9-15/h2-4,8-9,14H,5-7,10-13H2,1H3. The van der Waals surface area contributed by atoms with Crippen LogP contribution in [0, 0.1) is 0 Å². The van der Waals surface area contributed by atoms with Gasteiger partial charge in [-0.1, -0.05) is 18.2 Å². The minimum absolute atomic E-state index is 0.160. The molecular formula is C19H23N3O4. The van der Waals surface area contributed by atoms with Gasteiger partial charge in [0.1, 0.15) is 5.71 Å². The fraction of sp³-hybridized carbons (Fsp3) is 0.474. The zero-order valence-corrected chi connectivity index (χ0v) is 14.9. The molecule has 1 aromatic carbocycles. The van der Waals surface area contributed by atoms with Crippen LogP contribution in [0.1, 0.15) is 39.0 Å². The number of likely N-dealkylation sites (tertiary alicyclic amines) is 1. The Morgan fingerprint density at radius 2 is 1.96 bits per heavy atom. The molecule has 26 heavy (non-hydrogen) atoms. The maximum absolute atomic E-state index is 12.3. The van der Waals surface area contributed by atoms with Crippen molar-refractivity contribution in [1.29, 1.82) is 0 Å². The molecule has 138 valence electrons. The van der Waals surface area contributed by atoms with Gasteiger partial charge in [0.05, 0.1) is 5.69 Å². The number of hydrogen-bond acceptors (Lipinski definition) is 5. The molecule has 1 fully saturated rings. The first-order chi connectivity index (χ1) is 12.6. The first-order valence-corrected chi connectivity index (χ1v) is 8.98. The van der Waals surface area contributed by atoms with E-state index in [-0.39, 0.29) is 43.0 Å². The zero-order valence-electron chi connectivity index (χ0n) is 14.9. The van der Waals surface area contributed by atoms with Gasteiger partial charge in [-0.05, 0) is 38.3 Å². The Balaban J connectivity index is 1.62. The lowest BCUT2D eigenvalue weighted by Gasteiger charge is -2.33. The fourth-order valence-corrected chi connectivity index (χ4v) is 3.23. The summed E-state index contributed by atoms with van der Waals surface area (Å²) in [7, 11) is 0. The molecule has 0 spiro atoms. The molecule has 2 amide bonds. The van der Waals surface area contributed by atoms with Gasteiger partial charge in [-0.15, -0.1) is 0 Å². The summed E-state index contributed by atoms with van der Waals surface area (Å²) in [5.41, 5.74) is 0.758. The van der Waals surface area contributed by atoms with E-state index in [1.54, 1.807) is 29.2 Å². The number of esters is 1. The van der Waals surface area contributed by atoms with Crippen molar-refractivity contribution in [3.63, 3.8) is 0 Å². The molecule has 1 saturated heterocycles. The van der Waals surface area contributed by atoms with Crippen LogP contribution in [0.4, 0.5) is 5.69 Å². The van der Waals surface area contributed by atoms with E-state index in [0.717, 1.165) is 19.3 Å². The van der Waals surface area contributed by atoms with E-state index >= 15 is 0 Å². The predicted octanol–water partition coefficient (Wildman–Crippen LogP) is 2.11. The predicted molar refractivity (Wildman–Crippen MR) is 96.6 cm³/mol. The number of benzene rings is 1. The summed E-state index contributed by atoms with van der Waals surface area (Å²) >= 11 is 0. The summed E-state index contributed by atoms with van der Waals surface area (Å²) in [6, 6.07) is 9.10. The third-order valence-electron chi connectivity index (χ3n) is 4.72. The normalized spacial score (nSPS) is 20.6. The smallest absolute Gasteiger partial charge is 0.355 e. The minimum atomic E-state index is -0.642. The van der Waals surface area contributed by atoms with Gasteiger partial charge in [0, 0.05) is 25.4 Å². The molecule has 2 aliphatic rings. The quantitative estimate of drug-likeness (QED) is 0.773. The van der Waals surface area contributed by atoms with Crippen LogP contribution in [-0.4, -0.2) is 47.6 Å². The highest BCUT2D eigenvalue weighted by atomic mass is 16.5. The van der Waals surface area contributed by atoms with Crippen LogP contribution in [0.15, 0.2) is 35.4 Å². The summed E-state index contributed by atoms with van der Waals surface area (Å²) < 4.78 is 5.17. The van der Waals surface area contributed by atoms with Crippen molar-refractivity contribution < 1.29 is 19.1 Å². The summed E-state index contributed by atoms with van der Waals surface area (Å²) in [4.78, 5) is 38.4. The van der Waals surface area contributed by atoms with Gasteiger partial charge >= 0.3 is 5.97 Å². The lowest BCUT2D eigenvalue weighted by molar-refractivity contribution is -0.148. The fourth-order valence-electron chi connectivity index (χ4n) is 3.23. The van der Waals surface area contributed by atoms with Crippen molar-refractivity contribution in [1.82, 2.24) is 4.90 Å². The Morgan fingerprint density at radius 1 is 1.19 bits per heavy atom. The van der Waals surface area contributed by atoms with E-state index in [9.17, 15) is 14.4 Å². The molecule has 1 atom stereocenters. The third kappa shape index (κ3) is 4.09. The second-order valence-electron chi connectivity index (χ2n) is 6.60. The minimum Gasteiger partial charge on any atom is -0.451 e. The van der Waals surface area contributed by atoms with E-state index in [2.05, 4.69) is 5.10 Å². The first kappa shape index (κ1) is 18.1. The number of ether oxygens (including phenoxy) is 1. The van der Waals surface area contributed by atoms with Crippen LogP contribution in [-0.2, 0) is 19.1 Å². The lowest BCUT2D eigenvalue weighted by atomic mass is 10.0. The third-order valence-corrected chi connectivity index (χ3v) is 4.72. The van der Waals surface area contributed by atoms with Crippen molar-refractivity contribution in [2.45, 2.75) is 45.1 Å². The monoisotopic (exact) mass is 357 g/mol.